The Balaban J connectivity index is 1.84. The van der Waals surface area contributed by atoms with Crippen LogP contribution in [0.3, 0.4) is 0 Å². The lowest BCUT2D eigenvalue weighted by Crippen LogP contribution is -2.56. The number of carbonyl (C=O) groups excluding carboxylic acids is 1. The smallest absolute Gasteiger partial charge is 0.230 e. The van der Waals surface area contributed by atoms with Gasteiger partial charge in [-0.3, -0.25) is 4.79 Å². The fourth-order valence-electron chi connectivity index (χ4n) is 4.14. The molecule has 1 aliphatic heterocycles. The molecule has 0 spiro atoms. The van der Waals surface area contributed by atoms with Gasteiger partial charge >= 0.3 is 0 Å². The van der Waals surface area contributed by atoms with E-state index in [2.05, 4.69) is 17.6 Å². The van der Waals surface area contributed by atoms with Crippen LogP contribution in [-0.2, 0) is 10.2 Å². The van der Waals surface area contributed by atoms with Crippen LogP contribution in [0.4, 0.5) is 4.39 Å². The molecule has 1 heterocycles. The van der Waals surface area contributed by atoms with Crippen molar-refractivity contribution in [1.82, 2.24) is 10.6 Å². The zero-order chi connectivity index (χ0) is 16.3. The van der Waals surface area contributed by atoms with E-state index < -0.39 is 5.41 Å². The summed E-state index contributed by atoms with van der Waals surface area (Å²) < 4.78 is 13.7. The van der Waals surface area contributed by atoms with Gasteiger partial charge < -0.3 is 10.6 Å². The van der Waals surface area contributed by atoms with Crippen LogP contribution in [0.5, 0.6) is 0 Å². The molecule has 126 valence electrons. The van der Waals surface area contributed by atoms with Crippen molar-refractivity contribution >= 4 is 5.91 Å². The van der Waals surface area contributed by atoms with Gasteiger partial charge in [-0.15, -0.1) is 0 Å². The van der Waals surface area contributed by atoms with Crippen molar-refractivity contribution in [2.75, 3.05) is 6.54 Å². The topological polar surface area (TPSA) is 41.1 Å². The molecule has 2 aliphatic rings. The molecule has 0 radical (unpaired) electrons. The largest absolute Gasteiger partial charge is 0.351 e. The molecular formula is C19H27FN2O. The minimum atomic E-state index is -0.558. The Kier molecular flexibility index (Phi) is 5.00. The molecule has 1 aromatic rings. The number of hydrogen-bond acceptors (Lipinski definition) is 2. The lowest BCUT2D eigenvalue weighted by molar-refractivity contribution is -0.129. The number of rotatable bonds is 3. The molecule has 1 aliphatic carbocycles. The summed E-state index contributed by atoms with van der Waals surface area (Å²) in [6.45, 7) is 3.14. The molecule has 1 saturated carbocycles. The second-order valence-electron chi connectivity index (χ2n) is 7.12. The summed E-state index contributed by atoms with van der Waals surface area (Å²) in [7, 11) is 0. The quantitative estimate of drug-likeness (QED) is 0.898. The molecule has 0 bridgehead atoms. The maximum Gasteiger partial charge on any atom is 0.230 e. The van der Waals surface area contributed by atoms with Gasteiger partial charge in [-0.1, -0.05) is 31.4 Å². The fourth-order valence-corrected chi connectivity index (χ4v) is 4.14. The van der Waals surface area contributed by atoms with E-state index in [1.165, 1.54) is 6.07 Å². The van der Waals surface area contributed by atoms with Crippen LogP contribution in [0.25, 0.3) is 0 Å². The molecule has 23 heavy (non-hydrogen) atoms. The molecule has 1 saturated heterocycles. The lowest BCUT2D eigenvalue weighted by Gasteiger charge is -2.39. The first kappa shape index (κ1) is 16.4. The van der Waals surface area contributed by atoms with Crippen LogP contribution in [0.15, 0.2) is 24.3 Å². The molecule has 3 nitrogen and oxygen atoms in total. The average Bonchev–Trinajstić information content (AvgIpc) is 2.57. The van der Waals surface area contributed by atoms with Crippen molar-refractivity contribution in [2.24, 2.45) is 0 Å². The number of nitrogens with one attached hydrogen (secondary N) is 2. The van der Waals surface area contributed by atoms with E-state index in [0.29, 0.717) is 6.04 Å². The Morgan fingerprint density at radius 2 is 2.04 bits per heavy atom. The van der Waals surface area contributed by atoms with Gasteiger partial charge in [0, 0.05) is 12.1 Å². The van der Waals surface area contributed by atoms with E-state index in [4.69, 9.17) is 0 Å². The molecule has 1 amide bonds. The first-order valence-electron chi connectivity index (χ1n) is 8.92. The number of benzene rings is 1. The third-order valence-corrected chi connectivity index (χ3v) is 5.60. The van der Waals surface area contributed by atoms with Gasteiger partial charge in [0.05, 0.1) is 5.41 Å². The van der Waals surface area contributed by atoms with Gasteiger partial charge in [-0.25, -0.2) is 4.39 Å². The summed E-state index contributed by atoms with van der Waals surface area (Å²) in [5, 5.41) is 6.70. The highest BCUT2D eigenvalue weighted by atomic mass is 19.1. The van der Waals surface area contributed by atoms with Gasteiger partial charge in [-0.2, -0.15) is 0 Å². The summed E-state index contributed by atoms with van der Waals surface area (Å²) in [6, 6.07) is 7.10. The summed E-state index contributed by atoms with van der Waals surface area (Å²) in [6.07, 6.45) is 6.95. The van der Waals surface area contributed by atoms with Crippen molar-refractivity contribution < 1.29 is 9.18 Å². The summed E-state index contributed by atoms with van der Waals surface area (Å²) in [5.41, 5.74) is 0.281. The third kappa shape index (κ3) is 3.42. The first-order valence-corrected chi connectivity index (χ1v) is 8.92. The summed E-state index contributed by atoms with van der Waals surface area (Å²) >= 11 is 0. The highest BCUT2D eigenvalue weighted by Crippen LogP contribution is 2.40. The van der Waals surface area contributed by atoms with Gasteiger partial charge in [0.25, 0.3) is 0 Å². The van der Waals surface area contributed by atoms with Crippen LogP contribution in [0, 0.1) is 5.82 Å². The highest BCUT2D eigenvalue weighted by Gasteiger charge is 2.42. The Morgan fingerprint density at radius 3 is 2.74 bits per heavy atom. The van der Waals surface area contributed by atoms with Gasteiger partial charge in [0.1, 0.15) is 5.82 Å². The van der Waals surface area contributed by atoms with Gasteiger partial charge in [0.15, 0.2) is 0 Å². The monoisotopic (exact) mass is 318 g/mol. The zero-order valence-corrected chi connectivity index (χ0v) is 13.9. The Hall–Kier alpha value is -1.42. The molecule has 1 aromatic carbocycles. The van der Waals surface area contributed by atoms with Crippen molar-refractivity contribution in [3.8, 4) is 0 Å². The Bertz CT molecular complexity index is 554. The molecule has 2 unspecified atom stereocenters. The van der Waals surface area contributed by atoms with E-state index in [9.17, 15) is 9.18 Å². The highest BCUT2D eigenvalue weighted by molar-refractivity contribution is 5.88. The first-order chi connectivity index (χ1) is 11.1. The van der Waals surface area contributed by atoms with Crippen LogP contribution >= 0.6 is 0 Å². The molecule has 0 aromatic heterocycles. The average molecular weight is 318 g/mol. The Morgan fingerprint density at radius 1 is 1.26 bits per heavy atom. The van der Waals surface area contributed by atoms with Crippen LogP contribution in [0.2, 0.25) is 0 Å². The molecule has 4 heteroatoms. The Labute approximate surface area is 138 Å². The van der Waals surface area contributed by atoms with Crippen LogP contribution < -0.4 is 10.6 Å². The van der Waals surface area contributed by atoms with E-state index in [0.717, 1.165) is 57.1 Å². The lowest BCUT2D eigenvalue weighted by atomic mass is 9.68. The van der Waals surface area contributed by atoms with Crippen molar-refractivity contribution in [3.05, 3.63) is 35.6 Å². The second kappa shape index (κ2) is 7.00. The minimum Gasteiger partial charge on any atom is -0.351 e. The number of halogens is 1. The van der Waals surface area contributed by atoms with Gasteiger partial charge in [-0.05, 0) is 56.8 Å². The number of carbonyl (C=O) groups is 1. The van der Waals surface area contributed by atoms with E-state index in [1.807, 2.05) is 6.07 Å². The maximum atomic E-state index is 13.7. The van der Waals surface area contributed by atoms with E-state index in [1.54, 1.807) is 12.1 Å². The number of amides is 1. The fraction of sp³-hybridized carbons (Fsp3) is 0.632. The van der Waals surface area contributed by atoms with Crippen molar-refractivity contribution in [2.45, 2.75) is 69.4 Å². The predicted octanol–water partition coefficient (Wildman–Crippen LogP) is 3.28. The number of piperidine rings is 1. The minimum absolute atomic E-state index is 0.0864. The molecular weight excluding hydrogens is 291 g/mol. The van der Waals surface area contributed by atoms with Crippen molar-refractivity contribution in [1.29, 1.82) is 0 Å². The third-order valence-electron chi connectivity index (χ3n) is 5.60. The van der Waals surface area contributed by atoms with E-state index >= 15 is 0 Å². The summed E-state index contributed by atoms with van der Waals surface area (Å²) in [5.74, 6) is -0.170. The van der Waals surface area contributed by atoms with Crippen LogP contribution in [-0.4, -0.2) is 24.5 Å². The molecule has 3 rings (SSSR count). The maximum absolute atomic E-state index is 13.7. The predicted molar refractivity (Wildman–Crippen MR) is 89.8 cm³/mol. The normalized spacial score (nSPS) is 27.4. The summed E-state index contributed by atoms with van der Waals surface area (Å²) in [4.78, 5) is 13.2. The molecule has 2 N–H and O–H groups in total. The van der Waals surface area contributed by atoms with Crippen molar-refractivity contribution in [3.63, 3.8) is 0 Å². The van der Waals surface area contributed by atoms with Gasteiger partial charge in [0.2, 0.25) is 5.91 Å². The number of hydrogen-bond donors (Lipinski definition) is 2. The standard InChI is InChI=1S/C19H27FN2O/c1-14-17(9-6-12-21-14)22-18(23)19(10-3-2-4-11-19)15-7-5-8-16(20)13-15/h5,7-8,13-14,17,21H,2-4,6,9-12H2,1H3,(H,22,23). The van der Waals surface area contributed by atoms with Crippen LogP contribution in [0.1, 0.15) is 57.4 Å². The molecule has 2 fully saturated rings. The van der Waals surface area contributed by atoms with E-state index in [-0.39, 0.29) is 17.8 Å². The molecule has 2 atom stereocenters. The SMILES string of the molecule is CC1NCCCC1NC(=O)C1(c2cccc(F)c2)CCCCC1. The zero-order valence-electron chi connectivity index (χ0n) is 13.9. The second-order valence-corrected chi connectivity index (χ2v) is 7.12.